The second-order valence-corrected chi connectivity index (χ2v) is 3.81. The fourth-order valence-electron chi connectivity index (χ4n) is 1.44. The zero-order valence-corrected chi connectivity index (χ0v) is 9.73. The molecule has 1 aromatic carbocycles. The summed E-state index contributed by atoms with van der Waals surface area (Å²) in [5.74, 6) is 0.938. The van der Waals surface area contributed by atoms with Crippen LogP contribution in [0.2, 0.25) is 0 Å². The average molecular weight is 208 g/mol. The van der Waals surface area contributed by atoms with Crippen molar-refractivity contribution in [1.82, 2.24) is 4.90 Å². The molecule has 0 saturated heterocycles. The van der Waals surface area contributed by atoms with Crippen molar-refractivity contribution in [3.8, 4) is 5.75 Å². The molecular weight excluding hydrogens is 188 g/mol. The van der Waals surface area contributed by atoms with Gasteiger partial charge in [-0.2, -0.15) is 0 Å². The third-order valence-corrected chi connectivity index (χ3v) is 2.71. The van der Waals surface area contributed by atoms with Gasteiger partial charge >= 0.3 is 0 Å². The molecule has 0 saturated carbocycles. The Hall–Kier alpha value is -1.06. The molecule has 0 bridgehead atoms. The van der Waals surface area contributed by atoms with Crippen molar-refractivity contribution in [2.75, 3.05) is 20.7 Å². The SMILES string of the molecule is COc1ccccc1CN(C)C(C)CN. The van der Waals surface area contributed by atoms with Crippen LogP contribution in [0.15, 0.2) is 24.3 Å². The summed E-state index contributed by atoms with van der Waals surface area (Å²) in [4.78, 5) is 2.22. The lowest BCUT2D eigenvalue weighted by atomic mass is 10.1. The summed E-state index contributed by atoms with van der Waals surface area (Å²) in [5, 5.41) is 0. The highest BCUT2D eigenvalue weighted by Crippen LogP contribution is 2.19. The van der Waals surface area contributed by atoms with Crippen molar-refractivity contribution in [2.24, 2.45) is 5.73 Å². The van der Waals surface area contributed by atoms with Crippen LogP contribution in [0.3, 0.4) is 0 Å². The third kappa shape index (κ3) is 3.22. The molecule has 15 heavy (non-hydrogen) atoms. The number of nitrogens with zero attached hydrogens (tertiary/aromatic N) is 1. The van der Waals surface area contributed by atoms with Crippen molar-refractivity contribution >= 4 is 0 Å². The van der Waals surface area contributed by atoms with E-state index in [1.165, 1.54) is 5.56 Å². The molecule has 0 spiro atoms. The number of ether oxygens (including phenoxy) is 1. The maximum atomic E-state index is 5.62. The Morgan fingerprint density at radius 1 is 1.40 bits per heavy atom. The summed E-state index contributed by atoms with van der Waals surface area (Å²) in [7, 11) is 3.77. The van der Waals surface area contributed by atoms with Crippen molar-refractivity contribution in [3.05, 3.63) is 29.8 Å². The van der Waals surface area contributed by atoms with Crippen LogP contribution in [0.5, 0.6) is 5.75 Å². The van der Waals surface area contributed by atoms with E-state index in [9.17, 15) is 0 Å². The standard InChI is InChI=1S/C12H20N2O/c1-10(8-13)14(2)9-11-6-4-5-7-12(11)15-3/h4-7,10H,8-9,13H2,1-3H3. The Morgan fingerprint density at radius 2 is 2.07 bits per heavy atom. The molecule has 1 unspecified atom stereocenters. The smallest absolute Gasteiger partial charge is 0.123 e. The molecule has 1 atom stereocenters. The van der Waals surface area contributed by atoms with Gasteiger partial charge in [-0.1, -0.05) is 18.2 Å². The normalized spacial score (nSPS) is 12.9. The largest absolute Gasteiger partial charge is 0.496 e. The van der Waals surface area contributed by atoms with Crippen molar-refractivity contribution < 1.29 is 4.74 Å². The lowest BCUT2D eigenvalue weighted by Crippen LogP contribution is -2.34. The molecule has 0 aliphatic carbocycles. The van der Waals surface area contributed by atoms with Crippen molar-refractivity contribution in [2.45, 2.75) is 19.5 Å². The summed E-state index contributed by atoms with van der Waals surface area (Å²) in [6.45, 7) is 3.66. The molecule has 0 radical (unpaired) electrons. The highest BCUT2D eigenvalue weighted by molar-refractivity contribution is 5.33. The van der Waals surface area contributed by atoms with E-state index in [0.717, 1.165) is 12.3 Å². The van der Waals surface area contributed by atoms with Gasteiger partial charge in [0, 0.05) is 24.7 Å². The van der Waals surface area contributed by atoms with E-state index in [0.29, 0.717) is 12.6 Å². The first-order chi connectivity index (χ1) is 7.19. The Bertz CT molecular complexity index is 301. The first kappa shape index (κ1) is 12.0. The van der Waals surface area contributed by atoms with Crippen molar-refractivity contribution in [1.29, 1.82) is 0 Å². The number of para-hydroxylation sites is 1. The maximum Gasteiger partial charge on any atom is 0.123 e. The van der Waals surface area contributed by atoms with Crippen LogP contribution in [-0.2, 0) is 6.54 Å². The molecular formula is C12H20N2O. The molecule has 84 valence electrons. The van der Waals surface area contributed by atoms with Crippen LogP contribution < -0.4 is 10.5 Å². The number of likely N-dealkylation sites (N-methyl/N-ethyl adjacent to an activating group) is 1. The Morgan fingerprint density at radius 3 is 2.67 bits per heavy atom. The zero-order chi connectivity index (χ0) is 11.3. The maximum absolute atomic E-state index is 5.62. The molecule has 1 rings (SSSR count). The highest BCUT2D eigenvalue weighted by atomic mass is 16.5. The third-order valence-electron chi connectivity index (χ3n) is 2.71. The monoisotopic (exact) mass is 208 g/mol. The van der Waals surface area contributed by atoms with Gasteiger partial charge in [0.25, 0.3) is 0 Å². The molecule has 0 aliphatic heterocycles. The fraction of sp³-hybridized carbons (Fsp3) is 0.500. The number of hydrogen-bond donors (Lipinski definition) is 1. The predicted octanol–water partition coefficient (Wildman–Crippen LogP) is 1.47. The van der Waals surface area contributed by atoms with Gasteiger partial charge in [-0.15, -0.1) is 0 Å². The number of rotatable bonds is 5. The molecule has 3 nitrogen and oxygen atoms in total. The first-order valence-electron chi connectivity index (χ1n) is 5.21. The van der Waals surface area contributed by atoms with Crippen LogP contribution in [0.4, 0.5) is 0 Å². The van der Waals surface area contributed by atoms with E-state index < -0.39 is 0 Å². The quantitative estimate of drug-likeness (QED) is 0.796. The summed E-state index contributed by atoms with van der Waals surface area (Å²) in [5.41, 5.74) is 6.82. The molecule has 2 N–H and O–H groups in total. The minimum atomic E-state index is 0.384. The van der Waals surface area contributed by atoms with Gasteiger partial charge in [-0.25, -0.2) is 0 Å². The minimum Gasteiger partial charge on any atom is -0.496 e. The number of hydrogen-bond acceptors (Lipinski definition) is 3. The van der Waals surface area contributed by atoms with E-state index in [1.807, 2.05) is 18.2 Å². The topological polar surface area (TPSA) is 38.5 Å². The second-order valence-electron chi connectivity index (χ2n) is 3.81. The predicted molar refractivity (Wildman–Crippen MR) is 63.0 cm³/mol. The lowest BCUT2D eigenvalue weighted by molar-refractivity contribution is 0.251. The highest BCUT2D eigenvalue weighted by Gasteiger charge is 2.09. The van der Waals surface area contributed by atoms with Gasteiger partial charge in [0.2, 0.25) is 0 Å². The molecule has 3 heteroatoms. The molecule has 0 fully saturated rings. The summed E-state index contributed by atoms with van der Waals surface area (Å²) in [6.07, 6.45) is 0. The first-order valence-corrected chi connectivity index (χ1v) is 5.21. The number of benzene rings is 1. The van der Waals surface area contributed by atoms with E-state index in [2.05, 4.69) is 24.9 Å². The average Bonchev–Trinajstić information content (AvgIpc) is 2.28. The van der Waals surface area contributed by atoms with Crippen LogP contribution in [-0.4, -0.2) is 31.6 Å². The van der Waals surface area contributed by atoms with Gasteiger partial charge in [0.15, 0.2) is 0 Å². The lowest BCUT2D eigenvalue weighted by Gasteiger charge is -2.24. The van der Waals surface area contributed by atoms with E-state index >= 15 is 0 Å². The van der Waals surface area contributed by atoms with Crippen LogP contribution in [0.1, 0.15) is 12.5 Å². The number of nitrogens with two attached hydrogens (primary N) is 1. The zero-order valence-electron chi connectivity index (χ0n) is 9.73. The molecule has 0 aromatic heterocycles. The Kier molecular flexibility index (Phi) is 4.59. The Balaban J connectivity index is 2.71. The fourth-order valence-corrected chi connectivity index (χ4v) is 1.44. The summed E-state index contributed by atoms with van der Waals surface area (Å²) in [6, 6.07) is 8.46. The van der Waals surface area contributed by atoms with Gasteiger partial charge in [-0.05, 0) is 20.0 Å². The molecule has 0 amide bonds. The molecule has 1 aromatic rings. The molecule has 0 heterocycles. The van der Waals surface area contributed by atoms with Crippen LogP contribution in [0, 0.1) is 0 Å². The van der Waals surface area contributed by atoms with Gasteiger partial charge in [-0.3, -0.25) is 4.90 Å². The van der Waals surface area contributed by atoms with Crippen LogP contribution in [0.25, 0.3) is 0 Å². The van der Waals surface area contributed by atoms with Gasteiger partial charge in [0.05, 0.1) is 7.11 Å². The number of methoxy groups -OCH3 is 1. The summed E-state index contributed by atoms with van der Waals surface area (Å²) < 4.78 is 5.30. The van der Waals surface area contributed by atoms with E-state index in [-0.39, 0.29) is 0 Å². The summed E-state index contributed by atoms with van der Waals surface area (Å²) >= 11 is 0. The molecule has 0 aliphatic rings. The Labute approximate surface area is 91.8 Å². The second kappa shape index (κ2) is 5.73. The van der Waals surface area contributed by atoms with Gasteiger partial charge < -0.3 is 10.5 Å². The van der Waals surface area contributed by atoms with E-state index in [1.54, 1.807) is 7.11 Å². The van der Waals surface area contributed by atoms with Gasteiger partial charge in [0.1, 0.15) is 5.75 Å². The van der Waals surface area contributed by atoms with Crippen LogP contribution >= 0.6 is 0 Å². The van der Waals surface area contributed by atoms with E-state index in [4.69, 9.17) is 10.5 Å². The minimum absolute atomic E-state index is 0.384. The van der Waals surface area contributed by atoms with Crippen molar-refractivity contribution in [3.63, 3.8) is 0 Å².